The molecule has 23 heavy (non-hydrogen) atoms. The van der Waals surface area contributed by atoms with E-state index in [1.165, 1.54) is 12.1 Å². The van der Waals surface area contributed by atoms with E-state index in [0.29, 0.717) is 11.1 Å². The van der Waals surface area contributed by atoms with E-state index in [4.69, 9.17) is 40.7 Å². The van der Waals surface area contributed by atoms with Crippen molar-refractivity contribution in [2.24, 2.45) is 0 Å². The number of anilines is 1. The lowest BCUT2D eigenvalue weighted by Crippen LogP contribution is -2.28. The van der Waals surface area contributed by atoms with E-state index in [1.54, 1.807) is 12.1 Å². The number of carbonyl (C=O) groups is 1. The molecule has 1 rings (SSSR count). The molecule has 132 valence electrons. The Morgan fingerprint density at radius 2 is 1.30 bits per heavy atom. The highest BCUT2D eigenvalue weighted by Gasteiger charge is 2.05. The fourth-order valence-electron chi connectivity index (χ4n) is 1.08. The first kappa shape index (κ1) is 21.2. The van der Waals surface area contributed by atoms with Crippen LogP contribution in [-0.4, -0.2) is 71.4 Å². The molecular weight excluding hydrogens is 312 g/mol. The summed E-state index contributed by atoms with van der Waals surface area (Å²) in [5, 5.41) is 34.3. The van der Waals surface area contributed by atoms with Crippen molar-refractivity contribution in [1.82, 2.24) is 5.39 Å². The van der Waals surface area contributed by atoms with Gasteiger partial charge in [0.1, 0.15) is 0 Å². The number of hydrogen-bond acceptors (Lipinski definition) is 9. The van der Waals surface area contributed by atoms with Crippen molar-refractivity contribution >= 4 is 11.7 Å². The highest BCUT2D eigenvalue weighted by Crippen LogP contribution is 2.04. The van der Waals surface area contributed by atoms with Crippen LogP contribution in [0.4, 0.5) is 5.69 Å². The van der Waals surface area contributed by atoms with Crippen molar-refractivity contribution in [2.75, 3.05) is 45.4 Å². The molecule has 0 aliphatic heterocycles. The first-order chi connectivity index (χ1) is 11.0. The molecule has 0 fully saturated rings. The highest BCUT2D eigenvalue weighted by molar-refractivity contribution is 5.87. The molecule has 0 aromatic heterocycles. The van der Waals surface area contributed by atoms with Gasteiger partial charge in [-0.2, -0.15) is 0 Å². The van der Waals surface area contributed by atoms with Crippen LogP contribution in [0.15, 0.2) is 24.3 Å². The van der Waals surface area contributed by atoms with Gasteiger partial charge in [-0.25, -0.2) is 19.3 Å². The minimum absolute atomic E-state index is 0.0108. The van der Waals surface area contributed by atoms with Gasteiger partial charge in [0.15, 0.2) is 0 Å². The van der Waals surface area contributed by atoms with Crippen LogP contribution in [0, 0.1) is 0 Å². The Hall–Kier alpha value is -1.79. The van der Waals surface area contributed by atoms with Crippen LogP contribution in [0.25, 0.3) is 0 Å². The Bertz CT molecular complexity index is 396. The molecule has 10 heteroatoms. The zero-order valence-electron chi connectivity index (χ0n) is 12.5. The third kappa shape index (κ3) is 11.4. The van der Waals surface area contributed by atoms with Crippen LogP contribution in [0.1, 0.15) is 10.4 Å². The van der Waals surface area contributed by atoms with E-state index < -0.39 is 5.97 Å². The van der Waals surface area contributed by atoms with Crippen LogP contribution in [0.5, 0.6) is 0 Å². The van der Waals surface area contributed by atoms with Crippen LogP contribution in [-0.2, 0) is 14.5 Å². The van der Waals surface area contributed by atoms with Gasteiger partial charge in [0.2, 0.25) is 0 Å². The molecule has 0 spiro atoms. The van der Waals surface area contributed by atoms with Crippen molar-refractivity contribution in [3.05, 3.63) is 29.8 Å². The number of carboxylic acids is 1. The summed E-state index contributed by atoms with van der Waals surface area (Å²) < 4.78 is 0. The minimum atomic E-state index is -0.931. The summed E-state index contributed by atoms with van der Waals surface area (Å²) >= 11 is 0. The lowest BCUT2D eigenvalue weighted by atomic mass is 10.2. The second-order valence-electron chi connectivity index (χ2n) is 3.82. The normalized spacial score (nSPS) is 10.3. The molecule has 0 aliphatic rings. The zero-order valence-corrected chi connectivity index (χ0v) is 12.5. The standard InChI is InChI=1S/C7H7NO2.C6H15NO6/c8-6-3-1-5(2-4-6)7(9)10;8-1-4-11-7(12-5-2-9)13-6-3-10/h1-4H,8H2,(H,9,10);8-10H,1-6H2. The van der Waals surface area contributed by atoms with Crippen LogP contribution < -0.4 is 5.73 Å². The quantitative estimate of drug-likeness (QED) is 0.266. The van der Waals surface area contributed by atoms with Gasteiger partial charge in [-0.1, -0.05) is 0 Å². The number of rotatable bonds is 10. The molecule has 0 saturated heterocycles. The molecule has 1 aromatic carbocycles. The van der Waals surface area contributed by atoms with Gasteiger partial charge < -0.3 is 26.2 Å². The molecule has 0 atom stereocenters. The SMILES string of the molecule is Nc1ccc(C(=O)O)cc1.OCCON(OCCO)OCCO. The van der Waals surface area contributed by atoms with Crippen molar-refractivity contribution in [3.8, 4) is 0 Å². The summed E-state index contributed by atoms with van der Waals surface area (Å²) in [5.74, 6) is -0.931. The lowest BCUT2D eigenvalue weighted by Gasteiger charge is -2.17. The van der Waals surface area contributed by atoms with E-state index in [1.807, 2.05) is 0 Å². The molecule has 0 bridgehead atoms. The minimum Gasteiger partial charge on any atom is -0.478 e. The summed E-state index contributed by atoms with van der Waals surface area (Å²) in [6, 6.07) is 6.06. The molecule has 0 saturated carbocycles. The molecular formula is C13H22N2O8. The number of aromatic carboxylic acids is 1. The number of nitrogens with two attached hydrogens (primary N) is 1. The maximum Gasteiger partial charge on any atom is 0.335 e. The summed E-state index contributed by atoms with van der Waals surface area (Å²) in [5.41, 5.74) is 6.17. The Balaban J connectivity index is 0.000000433. The third-order valence-corrected chi connectivity index (χ3v) is 2.02. The van der Waals surface area contributed by atoms with Gasteiger partial charge in [0.25, 0.3) is 0 Å². The van der Waals surface area contributed by atoms with Gasteiger partial charge in [0.05, 0.1) is 50.6 Å². The van der Waals surface area contributed by atoms with E-state index in [-0.39, 0.29) is 45.2 Å². The third-order valence-electron chi connectivity index (χ3n) is 2.02. The lowest BCUT2D eigenvalue weighted by molar-refractivity contribution is -0.527. The summed E-state index contributed by atoms with van der Waals surface area (Å²) in [7, 11) is 0. The Morgan fingerprint density at radius 1 is 0.913 bits per heavy atom. The number of benzene rings is 1. The molecule has 10 nitrogen and oxygen atoms in total. The van der Waals surface area contributed by atoms with Crippen molar-refractivity contribution in [2.45, 2.75) is 0 Å². The van der Waals surface area contributed by atoms with Gasteiger partial charge in [-0.05, 0) is 24.3 Å². The topological polar surface area (TPSA) is 155 Å². The zero-order chi connectivity index (χ0) is 17.5. The number of aliphatic hydroxyl groups is 3. The maximum atomic E-state index is 10.3. The van der Waals surface area contributed by atoms with Gasteiger partial charge in [-0.3, -0.25) is 0 Å². The maximum absolute atomic E-state index is 10.3. The Kier molecular flexibility index (Phi) is 12.8. The summed E-state index contributed by atoms with van der Waals surface area (Å²) in [6.07, 6.45) is 0. The highest BCUT2D eigenvalue weighted by atomic mass is 17.2. The number of nitrogen functional groups attached to an aromatic ring is 1. The van der Waals surface area contributed by atoms with Crippen LogP contribution >= 0.6 is 0 Å². The predicted octanol–water partition coefficient (Wildman–Crippen LogP) is -0.973. The second kappa shape index (κ2) is 13.8. The fraction of sp³-hybridized carbons (Fsp3) is 0.462. The number of carboxylic acid groups (broad SMARTS) is 1. The average molecular weight is 334 g/mol. The summed E-state index contributed by atoms with van der Waals surface area (Å²) in [4.78, 5) is 24.4. The smallest absolute Gasteiger partial charge is 0.335 e. The van der Waals surface area contributed by atoms with Crippen molar-refractivity contribution < 1.29 is 39.7 Å². The van der Waals surface area contributed by atoms with Gasteiger partial charge >= 0.3 is 5.97 Å². The van der Waals surface area contributed by atoms with Gasteiger partial charge in [-0.15, -0.1) is 0 Å². The van der Waals surface area contributed by atoms with E-state index >= 15 is 0 Å². The average Bonchev–Trinajstić information content (AvgIpc) is 2.55. The first-order valence-electron chi connectivity index (χ1n) is 6.65. The van der Waals surface area contributed by atoms with Crippen molar-refractivity contribution in [3.63, 3.8) is 0 Å². The van der Waals surface area contributed by atoms with Crippen molar-refractivity contribution in [1.29, 1.82) is 0 Å². The fourth-order valence-corrected chi connectivity index (χ4v) is 1.08. The Morgan fingerprint density at radius 3 is 1.61 bits per heavy atom. The molecule has 0 unspecified atom stereocenters. The monoisotopic (exact) mass is 334 g/mol. The van der Waals surface area contributed by atoms with Gasteiger partial charge in [0, 0.05) is 5.69 Å². The second-order valence-corrected chi connectivity index (χ2v) is 3.82. The number of hydrogen-bond donors (Lipinski definition) is 5. The molecule has 0 radical (unpaired) electrons. The van der Waals surface area contributed by atoms with E-state index in [0.717, 1.165) is 0 Å². The number of aliphatic hydroxyl groups excluding tert-OH is 3. The molecule has 6 N–H and O–H groups in total. The largest absolute Gasteiger partial charge is 0.478 e. The molecule has 0 heterocycles. The van der Waals surface area contributed by atoms with Crippen LogP contribution in [0.3, 0.4) is 0 Å². The Labute approximate surface area is 133 Å². The first-order valence-corrected chi connectivity index (χ1v) is 6.65. The van der Waals surface area contributed by atoms with E-state index in [9.17, 15) is 4.79 Å². The van der Waals surface area contributed by atoms with Crippen LogP contribution in [0.2, 0.25) is 0 Å². The van der Waals surface area contributed by atoms with E-state index in [2.05, 4.69) is 0 Å². The summed E-state index contributed by atoms with van der Waals surface area (Å²) in [6.45, 7) is -0.505. The number of nitrogens with zero attached hydrogens (tertiary/aromatic N) is 1. The molecule has 0 aliphatic carbocycles. The predicted molar refractivity (Wildman–Crippen MR) is 78.8 cm³/mol. The molecule has 0 amide bonds. The molecule has 1 aromatic rings.